The summed E-state index contributed by atoms with van der Waals surface area (Å²) in [7, 11) is 0. The van der Waals surface area contributed by atoms with E-state index in [0.29, 0.717) is 6.42 Å². The number of rotatable bonds is 4. The van der Waals surface area contributed by atoms with E-state index < -0.39 is 29.8 Å². The number of hydrogen-bond donors (Lipinski definition) is 2. The Bertz CT molecular complexity index is 407. The van der Waals surface area contributed by atoms with Crippen LogP contribution in [0.5, 0.6) is 0 Å². The number of amides is 2. The van der Waals surface area contributed by atoms with Crippen molar-refractivity contribution in [3.05, 3.63) is 11.6 Å². The summed E-state index contributed by atoms with van der Waals surface area (Å²) in [6, 6.07) is -1.66. The van der Waals surface area contributed by atoms with Gasteiger partial charge in [-0.25, -0.2) is 9.59 Å². The molecule has 0 bridgehead atoms. The lowest BCUT2D eigenvalue weighted by atomic mass is 10.1. The number of aliphatic carboxylic acids is 1. The summed E-state index contributed by atoms with van der Waals surface area (Å²) in [5.74, 6) is -1.15. The molecule has 2 N–H and O–H groups in total. The van der Waals surface area contributed by atoms with Crippen LogP contribution < -0.4 is 5.32 Å². The third kappa shape index (κ3) is 4.43. The van der Waals surface area contributed by atoms with Gasteiger partial charge in [-0.15, -0.1) is 0 Å². The van der Waals surface area contributed by atoms with Crippen LogP contribution in [0.25, 0.3) is 0 Å². The fourth-order valence-electron chi connectivity index (χ4n) is 1.90. The molecule has 1 aliphatic heterocycles. The number of carbonyl (C=O) groups is 2. The highest BCUT2D eigenvalue weighted by Gasteiger charge is 2.35. The lowest BCUT2D eigenvalue weighted by molar-refractivity contribution is -0.139. The number of urea groups is 1. The van der Waals surface area contributed by atoms with Gasteiger partial charge in [-0.1, -0.05) is 19.4 Å². The van der Waals surface area contributed by atoms with Crippen molar-refractivity contribution in [2.24, 2.45) is 0 Å². The molecule has 0 aromatic heterocycles. The van der Waals surface area contributed by atoms with E-state index in [9.17, 15) is 22.8 Å². The Morgan fingerprint density at radius 1 is 1.50 bits per heavy atom. The maximum atomic E-state index is 12.4. The van der Waals surface area contributed by atoms with Crippen molar-refractivity contribution in [3.63, 3.8) is 0 Å². The van der Waals surface area contributed by atoms with E-state index in [1.165, 1.54) is 4.90 Å². The summed E-state index contributed by atoms with van der Waals surface area (Å²) < 4.78 is 37.3. The van der Waals surface area contributed by atoms with Crippen molar-refractivity contribution in [1.82, 2.24) is 10.2 Å². The molecule has 1 heterocycles. The largest absolute Gasteiger partial charge is 0.480 e. The predicted molar refractivity (Wildman–Crippen MR) is 65.2 cm³/mol. The number of carboxylic acids is 1. The van der Waals surface area contributed by atoms with Gasteiger partial charge >= 0.3 is 18.2 Å². The lowest BCUT2D eigenvalue weighted by Crippen LogP contribution is -2.49. The molecule has 0 aromatic rings. The number of hydrogen-bond acceptors (Lipinski definition) is 2. The molecular weight excluding hydrogens is 277 g/mol. The standard InChI is InChI=1S/C12H17F3N2O3/c1-2-3-9(10(18)19)16-11(20)17-6-4-8(5-7-17)12(13,14)15/h4,9H,2-3,5-7H2,1H3,(H,16,20)(H,18,19)/t9-/m1/s1. The quantitative estimate of drug-likeness (QED) is 0.780. The van der Waals surface area contributed by atoms with E-state index >= 15 is 0 Å². The summed E-state index contributed by atoms with van der Waals surface area (Å²) in [5, 5.41) is 11.2. The molecule has 0 saturated carbocycles. The minimum atomic E-state index is -4.37. The van der Waals surface area contributed by atoms with Crippen molar-refractivity contribution in [1.29, 1.82) is 0 Å². The molecule has 1 rings (SSSR count). The molecule has 1 aliphatic rings. The predicted octanol–water partition coefficient (Wildman–Crippen LogP) is 2.14. The van der Waals surface area contributed by atoms with Crippen molar-refractivity contribution in [2.75, 3.05) is 13.1 Å². The zero-order chi connectivity index (χ0) is 15.3. The van der Waals surface area contributed by atoms with Gasteiger partial charge in [0, 0.05) is 18.7 Å². The molecule has 1 atom stereocenters. The summed E-state index contributed by atoms with van der Waals surface area (Å²) >= 11 is 0. The van der Waals surface area contributed by atoms with E-state index in [1.807, 2.05) is 0 Å². The van der Waals surface area contributed by atoms with E-state index in [1.54, 1.807) is 6.92 Å². The molecule has 0 aliphatic carbocycles. The SMILES string of the molecule is CCC[C@@H](NC(=O)N1CC=C(C(F)(F)F)CC1)C(=O)O. The normalized spacial score (nSPS) is 17.4. The van der Waals surface area contributed by atoms with Gasteiger partial charge in [-0.3, -0.25) is 0 Å². The Morgan fingerprint density at radius 3 is 2.55 bits per heavy atom. The Morgan fingerprint density at radius 2 is 2.15 bits per heavy atom. The second kappa shape index (κ2) is 6.62. The van der Waals surface area contributed by atoms with Crippen LogP contribution in [0.2, 0.25) is 0 Å². The fraction of sp³-hybridized carbons (Fsp3) is 0.667. The molecule has 0 fully saturated rings. The van der Waals surface area contributed by atoms with Crippen LogP contribution in [-0.2, 0) is 4.79 Å². The molecule has 0 radical (unpaired) electrons. The minimum Gasteiger partial charge on any atom is -0.480 e. The summed E-state index contributed by atoms with van der Waals surface area (Å²) in [6.07, 6.45) is -2.83. The molecule has 8 heteroatoms. The fourth-order valence-corrected chi connectivity index (χ4v) is 1.90. The van der Waals surface area contributed by atoms with Crippen molar-refractivity contribution >= 4 is 12.0 Å². The van der Waals surface area contributed by atoms with Crippen LogP contribution in [0, 0.1) is 0 Å². The molecular formula is C12H17F3N2O3. The molecule has 2 amide bonds. The van der Waals surface area contributed by atoms with E-state index in [2.05, 4.69) is 5.32 Å². The number of nitrogens with one attached hydrogen (secondary N) is 1. The van der Waals surface area contributed by atoms with Gasteiger partial charge in [-0.2, -0.15) is 13.2 Å². The highest BCUT2D eigenvalue weighted by Crippen LogP contribution is 2.30. The minimum absolute atomic E-state index is 0.0738. The number of carboxylic acid groups (broad SMARTS) is 1. The summed E-state index contributed by atoms with van der Waals surface area (Å²) in [6.45, 7) is 1.54. The topological polar surface area (TPSA) is 69.6 Å². The Hall–Kier alpha value is -1.73. The van der Waals surface area contributed by atoms with E-state index in [-0.39, 0.29) is 25.9 Å². The Labute approximate surface area is 114 Å². The first kappa shape index (κ1) is 16.3. The van der Waals surface area contributed by atoms with E-state index in [0.717, 1.165) is 6.08 Å². The van der Waals surface area contributed by atoms with Crippen LogP contribution in [0.4, 0.5) is 18.0 Å². The monoisotopic (exact) mass is 294 g/mol. The average Bonchev–Trinajstić information content (AvgIpc) is 2.37. The zero-order valence-electron chi connectivity index (χ0n) is 11.0. The highest BCUT2D eigenvalue weighted by atomic mass is 19.4. The van der Waals surface area contributed by atoms with Gasteiger partial charge in [0.15, 0.2) is 0 Å². The van der Waals surface area contributed by atoms with Crippen molar-refractivity contribution in [2.45, 2.75) is 38.4 Å². The molecule has 0 spiro atoms. The molecule has 0 saturated heterocycles. The van der Waals surface area contributed by atoms with Crippen molar-refractivity contribution < 1.29 is 27.9 Å². The van der Waals surface area contributed by atoms with Crippen LogP contribution in [0.3, 0.4) is 0 Å². The Balaban J connectivity index is 2.58. The van der Waals surface area contributed by atoms with Crippen molar-refractivity contribution in [3.8, 4) is 0 Å². The third-order valence-corrected chi connectivity index (χ3v) is 3.03. The first-order valence-corrected chi connectivity index (χ1v) is 6.30. The smallest absolute Gasteiger partial charge is 0.412 e. The molecule has 5 nitrogen and oxygen atoms in total. The number of alkyl halides is 3. The molecule has 20 heavy (non-hydrogen) atoms. The first-order valence-electron chi connectivity index (χ1n) is 6.30. The highest BCUT2D eigenvalue weighted by molar-refractivity contribution is 5.82. The first-order chi connectivity index (χ1) is 9.25. The van der Waals surface area contributed by atoms with Crippen LogP contribution in [0.1, 0.15) is 26.2 Å². The van der Waals surface area contributed by atoms with Gasteiger partial charge < -0.3 is 15.3 Å². The van der Waals surface area contributed by atoms with E-state index in [4.69, 9.17) is 5.11 Å². The molecule has 0 unspecified atom stereocenters. The van der Waals surface area contributed by atoms with Gasteiger partial charge in [0.05, 0.1) is 0 Å². The van der Waals surface area contributed by atoms with Crippen LogP contribution >= 0.6 is 0 Å². The Kier molecular flexibility index (Phi) is 5.41. The van der Waals surface area contributed by atoms with Crippen LogP contribution in [0.15, 0.2) is 11.6 Å². The summed E-state index contributed by atoms with van der Waals surface area (Å²) in [5.41, 5.74) is -0.648. The van der Waals surface area contributed by atoms with Gasteiger partial charge in [-0.05, 0) is 12.8 Å². The second-order valence-electron chi connectivity index (χ2n) is 4.55. The van der Waals surface area contributed by atoms with Crippen LogP contribution in [-0.4, -0.2) is 47.3 Å². The third-order valence-electron chi connectivity index (χ3n) is 3.03. The number of carbonyl (C=O) groups excluding carboxylic acids is 1. The van der Waals surface area contributed by atoms with Gasteiger partial charge in [0.2, 0.25) is 0 Å². The maximum absolute atomic E-state index is 12.4. The second-order valence-corrected chi connectivity index (χ2v) is 4.55. The maximum Gasteiger partial charge on any atom is 0.412 e. The lowest BCUT2D eigenvalue weighted by Gasteiger charge is -2.28. The number of nitrogens with zero attached hydrogens (tertiary/aromatic N) is 1. The van der Waals surface area contributed by atoms with Gasteiger partial charge in [0.1, 0.15) is 6.04 Å². The van der Waals surface area contributed by atoms with Gasteiger partial charge in [0.25, 0.3) is 0 Å². The summed E-state index contributed by atoms with van der Waals surface area (Å²) in [4.78, 5) is 23.8. The number of halogens is 3. The average molecular weight is 294 g/mol. The molecule has 114 valence electrons. The molecule has 0 aromatic carbocycles. The zero-order valence-corrected chi connectivity index (χ0v) is 11.0.